The number of nitro groups is 1. The fourth-order valence-corrected chi connectivity index (χ4v) is 4.78. The van der Waals surface area contributed by atoms with Crippen molar-refractivity contribution in [3.05, 3.63) is 106 Å². The Kier molecular flexibility index (Phi) is 7.99. The molecule has 0 amide bonds. The van der Waals surface area contributed by atoms with E-state index in [-0.39, 0.29) is 11.5 Å². The van der Waals surface area contributed by atoms with E-state index in [9.17, 15) is 10.1 Å². The third-order valence-electron chi connectivity index (χ3n) is 5.25. The van der Waals surface area contributed by atoms with Crippen LogP contribution in [-0.2, 0) is 6.61 Å². The summed E-state index contributed by atoms with van der Waals surface area (Å²) in [5, 5.41) is 20.2. The van der Waals surface area contributed by atoms with Gasteiger partial charge in [0.2, 0.25) is 6.54 Å². The molecule has 0 fully saturated rings. The van der Waals surface area contributed by atoms with Crippen LogP contribution in [0.2, 0.25) is 0 Å². The first-order valence-electron chi connectivity index (χ1n) is 11.2. The first-order valence-corrected chi connectivity index (χ1v) is 12.1. The predicted octanol–water partition coefficient (Wildman–Crippen LogP) is 5.66. The normalized spacial score (nSPS) is 11.7. The molecule has 1 atom stereocenters. The first kappa shape index (κ1) is 24.3. The molecule has 0 bridgehead atoms. The highest BCUT2D eigenvalue weighted by atomic mass is 32.2. The van der Waals surface area contributed by atoms with Gasteiger partial charge in [-0.15, -0.1) is 10.2 Å². The molecule has 1 aromatic heterocycles. The molecule has 0 saturated carbocycles. The van der Waals surface area contributed by atoms with Gasteiger partial charge >= 0.3 is 0 Å². The van der Waals surface area contributed by atoms with Gasteiger partial charge in [0, 0.05) is 10.6 Å². The molecular weight excluding hydrogens is 464 g/mol. The van der Waals surface area contributed by atoms with E-state index in [1.165, 1.54) is 11.8 Å². The highest BCUT2D eigenvalue weighted by Crippen LogP contribution is 2.39. The first-order chi connectivity index (χ1) is 17.0. The van der Waals surface area contributed by atoms with Gasteiger partial charge in [-0.05, 0) is 49.2 Å². The third kappa shape index (κ3) is 6.19. The molecule has 0 radical (unpaired) electrons. The second kappa shape index (κ2) is 11.5. The molecule has 3 aromatic carbocycles. The minimum atomic E-state index is -0.501. The van der Waals surface area contributed by atoms with Crippen molar-refractivity contribution in [2.75, 3.05) is 13.2 Å². The summed E-state index contributed by atoms with van der Waals surface area (Å²) in [4.78, 5) is 11.3. The van der Waals surface area contributed by atoms with Gasteiger partial charge in [0.25, 0.3) is 0 Å². The Morgan fingerprint density at radius 3 is 2.37 bits per heavy atom. The number of ether oxygens (including phenoxy) is 2. The average Bonchev–Trinajstić information content (AvgIpc) is 3.23. The smallest absolute Gasteiger partial charge is 0.220 e. The summed E-state index contributed by atoms with van der Waals surface area (Å²) in [6.07, 6.45) is 0. The Morgan fingerprint density at radius 2 is 1.69 bits per heavy atom. The number of rotatable bonds is 11. The van der Waals surface area contributed by atoms with E-state index >= 15 is 0 Å². The molecular formula is C26H26N4O4S. The Labute approximate surface area is 208 Å². The molecule has 4 rings (SSSR count). The number of benzene rings is 3. The fourth-order valence-electron chi connectivity index (χ4n) is 3.61. The summed E-state index contributed by atoms with van der Waals surface area (Å²) >= 11 is 1.31. The van der Waals surface area contributed by atoms with Crippen LogP contribution in [0.15, 0.2) is 84.0 Å². The van der Waals surface area contributed by atoms with Gasteiger partial charge in [0.1, 0.15) is 17.7 Å². The molecule has 0 aliphatic carbocycles. The molecule has 1 heterocycles. The minimum Gasteiger partial charge on any atom is -0.490 e. The van der Waals surface area contributed by atoms with Gasteiger partial charge in [0.15, 0.2) is 16.7 Å². The van der Waals surface area contributed by atoms with Crippen molar-refractivity contribution in [2.45, 2.75) is 30.9 Å². The SMILES string of the molecule is CCOc1cc([C@H](C[N+](=O)[O-])Sc2nnc(C)n2-c2ccccc2)ccc1OCc1ccccc1. The molecule has 180 valence electrons. The van der Waals surface area contributed by atoms with E-state index in [4.69, 9.17) is 9.47 Å². The largest absolute Gasteiger partial charge is 0.490 e. The Hall–Kier alpha value is -3.85. The lowest BCUT2D eigenvalue weighted by atomic mass is 10.1. The number of hydrogen-bond donors (Lipinski definition) is 0. The monoisotopic (exact) mass is 490 g/mol. The summed E-state index contributed by atoms with van der Waals surface area (Å²) in [5.74, 6) is 1.85. The highest BCUT2D eigenvalue weighted by Gasteiger charge is 2.25. The van der Waals surface area contributed by atoms with E-state index in [1.807, 2.05) is 97.3 Å². The van der Waals surface area contributed by atoms with Crippen molar-refractivity contribution in [1.29, 1.82) is 0 Å². The Morgan fingerprint density at radius 1 is 0.971 bits per heavy atom. The zero-order chi connectivity index (χ0) is 24.6. The van der Waals surface area contributed by atoms with Crippen LogP contribution in [0.25, 0.3) is 5.69 Å². The van der Waals surface area contributed by atoms with E-state index in [0.29, 0.717) is 35.7 Å². The lowest BCUT2D eigenvalue weighted by Crippen LogP contribution is -2.11. The Bertz CT molecular complexity index is 1270. The van der Waals surface area contributed by atoms with Crippen molar-refractivity contribution >= 4 is 11.8 Å². The molecule has 4 aromatic rings. The second-order valence-corrected chi connectivity index (χ2v) is 8.91. The zero-order valence-electron chi connectivity index (χ0n) is 19.5. The minimum absolute atomic E-state index is 0.277. The summed E-state index contributed by atoms with van der Waals surface area (Å²) in [5.41, 5.74) is 2.69. The van der Waals surface area contributed by atoms with Crippen LogP contribution < -0.4 is 9.47 Å². The van der Waals surface area contributed by atoms with Crippen LogP contribution in [0.1, 0.15) is 29.1 Å². The average molecular weight is 491 g/mol. The summed E-state index contributed by atoms with van der Waals surface area (Å²) < 4.78 is 13.7. The lowest BCUT2D eigenvalue weighted by molar-refractivity contribution is -0.479. The number of aryl methyl sites for hydroxylation is 1. The van der Waals surface area contributed by atoms with E-state index < -0.39 is 5.25 Å². The van der Waals surface area contributed by atoms with Crippen molar-refractivity contribution in [3.8, 4) is 17.2 Å². The van der Waals surface area contributed by atoms with Crippen molar-refractivity contribution in [2.24, 2.45) is 0 Å². The fraction of sp³-hybridized carbons (Fsp3) is 0.231. The highest BCUT2D eigenvalue weighted by molar-refractivity contribution is 7.99. The van der Waals surface area contributed by atoms with E-state index in [1.54, 1.807) is 0 Å². The molecule has 0 unspecified atom stereocenters. The van der Waals surface area contributed by atoms with Gasteiger partial charge in [-0.25, -0.2) is 0 Å². The van der Waals surface area contributed by atoms with Crippen LogP contribution >= 0.6 is 11.8 Å². The third-order valence-corrected chi connectivity index (χ3v) is 6.43. The van der Waals surface area contributed by atoms with E-state index in [0.717, 1.165) is 16.8 Å². The topological polar surface area (TPSA) is 92.3 Å². The maximum atomic E-state index is 11.6. The predicted molar refractivity (Wildman–Crippen MR) is 135 cm³/mol. The summed E-state index contributed by atoms with van der Waals surface area (Å²) in [7, 11) is 0. The van der Waals surface area contributed by atoms with Crippen LogP contribution in [0, 0.1) is 17.0 Å². The maximum absolute atomic E-state index is 11.6. The number of aromatic nitrogens is 3. The molecule has 0 saturated heterocycles. The molecule has 9 heteroatoms. The van der Waals surface area contributed by atoms with Gasteiger partial charge in [-0.2, -0.15) is 0 Å². The van der Waals surface area contributed by atoms with Crippen LogP contribution in [0.4, 0.5) is 0 Å². The lowest BCUT2D eigenvalue weighted by Gasteiger charge is -2.17. The summed E-state index contributed by atoms with van der Waals surface area (Å²) in [6.45, 7) is 4.31. The van der Waals surface area contributed by atoms with Crippen molar-refractivity contribution in [3.63, 3.8) is 0 Å². The molecule has 0 aliphatic heterocycles. The van der Waals surface area contributed by atoms with Crippen molar-refractivity contribution < 1.29 is 14.4 Å². The zero-order valence-corrected chi connectivity index (χ0v) is 20.4. The number of para-hydroxylation sites is 1. The van der Waals surface area contributed by atoms with Crippen LogP contribution in [0.3, 0.4) is 0 Å². The van der Waals surface area contributed by atoms with Crippen molar-refractivity contribution in [1.82, 2.24) is 14.8 Å². The van der Waals surface area contributed by atoms with Crippen LogP contribution in [0.5, 0.6) is 11.5 Å². The molecule has 0 spiro atoms. The Balaban J connectivity index is 1.62. The molecule has 35 heavy (non-hydrogen) atoms. The molecule has 8 nitrogen and oxygen atoms in total. The number of thioether (sulfide) groups is 1. The van der Waals surface area contributed by atoms with Gasteiger partial charge in [0.05, 0.1) is 6.61 Å². The van der Waals surface area contributed by atoms with E-state index in [2.05, 4.69) is 10.2 Å². The van der Waals surface area contributed by atoms with Gasteiger partial charge < -0.3 is 9.47 Å². The number of nitrogens with zero attached hydrogens (tertiary/aromatic N) is 4. The summed E-state index contributed by atoms with van der Waals surface area (Å²) in [6, 6.07) is 25.0. The second-order valence-electron chi connectivity index (χ2n) is 7.74. The van der Waals surface area contributed by atoms with Crippen LogP contribution in [-0.4, -0.2) is 32.8 Å². The molecule has 0 N–H and O–H groups in total. The maximum Gasteiger partial charge on any atom is 0.220 e. The van der Waals surface area contributed by atoms with Gasteiger partial charge in [-0.1, -0.05) is 66.4 Å². The van der Waals surface area contributed by atoms with Gasteiger partial charge in [-0.3, -0.25) is 14.7 Å². The standard InChI is InChI=1S/C26H26N4O4S/c1-3-33-24-16-21(14-15-23(24)34-18-20-10-6-4-7-11-20)25(17-29(31)32)35-26-28-27-19(2)30(26)22-12-8-5-9-13-22/h4-16,25H,3,17-18H2,1-2H3/t25-/m0/s1. The number of hydrogen-bond acceptors (Lipinski definition) is 7. The molecule has 0 aliphatic rings. The quantitative estimate of drug-likeness (QED) is 0.152.